The second kappa shape index (κ2) is 9.86. The summed E-state index contributed by atoms with van der Waals surface area (Å²) in [5.41, 5.74) is 3.53. The lowest BCUT2D eigenvalue weighted by atomic mass is 9.68. The van der Waals surface area contributed by atoms with Gasteiger partial charge in [-0.15, -0.1) is 0 Å². The van der Waals surface area contributed by atoms with Gasteiger partial charge in [-0.1, -0.05) is 66.7 Å². The molecular weight excluding hydrogens is 417 g/mol. The molecule has 172 valence electrons. The van der Waals surface area contributed by atoms with E-state index >= 15 is 0 Å². The Morgan fingerprint density at radius 1 is 0.970 bits per heavy atom. The zero-order chi connectivity index (χ0) is 23.4. The number of hydrogen-bond donors (Lipinski definition) is 2. The lowest BCUT2D eigenvalue weighted by Gasteiger charge is -2.44. The number of benzene rings is 3. The first kappa shape index (κ1) is 23.1. The predicted octanol–water partition coefficient (Wildman–Crippen LogP) is 4.86. The highest BCUT2D eigenvalue weighted by Gasteiger charge is 2.42. The van der Waals surface area contributed by atoms with Gasteiger partial charge in [-0.3, -0.25) is 4.79 Å². The number of halogens is 1. The number of rotatable bonds is 7. The molecule has 3 atom stereocenters. The van der Waals surface area contributed by atoms with Gasteiger partial charge in [0.2, 0.25) is 5.91 Å². The van der Waals surface area contributed by atoms with Gasteiger partial charge < -0.3 is 15.1 Å². The molecule has 1 saturated heterocycles. The fourth-order valence-electron chi connectivity index (χ4n) is 4.97. The minimum Gasteiger partial charge on any atom is -0.394 e. The SMILES string of the molecule is C[C@H](c1ccc(-c2ccc(F)cc2)cc1)N1CC[C@@](C[C@H](O)CO)(c2ccccc2)CC1=O. The Balaban J connectivity index is 1.51. The van der Waals surface area contributed by atoms with E-state index in [0.29, 0.717) is 19.4 Å². The molecule has 0 aromatic heterocycles. The van der Waals surface area contributed by atoms with Crippen molar-refractivity contribution in [1.29, 1.82) is 0 Å². The number of amides is 1. The summed E-state index contributed by atoms with van der Waals surface area (Å²) in [7, 11) is 0. The molecule has 4 nitrogen and oxygen atoms in total. The summed E-state index contributed by atoms with van der Waals surface area (Å²) in [5.74, 6) is -0.212. The smallest absolute Gasteiger partial charge is 0.223 e. The molecule has 1 aliphatic heterocycles. The van der Waals surface area contributed by atoms with E-state index in [4.69, 9.17) is 0 Å². The molecule has 1 heterocycles. The summed E-state index contributed by atoms with van der Waals surface area (Å²) in [6.45, 7) is 2.29. The first-order valence-electron chi connectivity index (χ1n) is 11.4. The third kappa shape index (κ3) is 5.00. The molecule has 0 radical (unpaired) electrons. The molecule has 4 rings (SSSR count). The molecule has 0 spiro atoms. The van der Waals surface area contributed by atoms with Crippen LogP contribution in [0.25, 0.3) is 11.1 Å². The van der Waals surface area contributed by atoms with Crippen molar-refractivity contribution in [3.05, 3.63) is 95.8 Å². The number of aliphatic hydroxyl groups excluding tert-OH is 2. The number of piperidine rings is 1. The maximum atomic E-state index is 13.3. The van der Waals surface area contributed by atoms with E-state index in [2.05, 4.69) is 0 Å². The summed E-state index contributed by atoms with van der Waals surface area (Å²) in [6, 6.07) is 24.2. The molecule has 0 aliphatic carbocycles. The van der Waals surface area contributed by atoms with Crippen molar-refractivity contribution < 1.29 is 19.4 Å². The number of likely N-dealkylation sites (tertiary alicyclic amines) is 1. The third-order valence-electron chi connectivity index (χ3n) is 6.90. The van der Waals surface area contributed by atoms with Crippen molar-refractivity contribution >= 4 is 5.91 Å². The molecule has 2 N–H and O–H groups in total. The summed E-state index contributed by atoms with van der Waals surface area (Å²) in [6.07, 6.45) is 0.513. The molecular formula is C28H30FNO3. The largest absolute Gasteiger partial charge is 0.394 e. The average molecular weight is 448 g/mol. The van der Waals surface area contributed by atoms with Crippen LogP contribution < -0.4 is 0 Å². The minimum atomic E-state index is -0.860. The van der Waals surface area contributed by atoms with Crippen molar-refractivity contribution in [1.82, 2.24) is 4.90 Å². The topological polar surface area (TPSA) is 60.8 Å². The van der Waals surface area contributed by atoms with E-state index < -0.39 is 11.5 Å². The van der Waals surface area contributed by atoms with Gasteiger partial charge in [-0.05, 0) is 54.2 Å². The van der Waals surface area contributed by atoms with Crippen LogP contribution in [0, 0.1) is 5.82 Å². The maximum absolute atomic E-state index is 13.3. The van der Waals surface area contributed by atoms with Crippen LogP contribution in [0.5, 0.6) is 0 Å². The highest BCUT2D eigenvalue weighted by molar-refractivity contribution is 5.79. The molecule has 33 heavy (non-hydrogen) atoms. The fourth-order valence-corrected chi connectivity index (χ4v) is 4.97. The zero-order valence-electron chi connectivity index (χ0n) is 18.8. The minimum absolute atomic E-state index is 0.0466. The lowest BCUT2D eigenvalue weighted by molar-refractivity contribution is -0.139. The lowest BCUT2D eigenvalue weighted by Crippen LogP contribution is -2.48. The monoisotopic (exact) mass is 447 g/mol. The van der Waals surface area contributed by atoms with E-state index in [9.17, 15) is 19.4 Å². The third-order valence-corrected chi connectivity index (χ3v) is 6.90. The van der Waals surface area contributed by atoms with E-state index in [1.165, 1.54) is 12.1 Å². The molecule has 1 amide bonds. The molecule has 1 aliphatic rings. The van der Waals surface area contributed by atoms with Crippen LogP contribution in [0.15, 0.2) is 78.9 Å². The van der Waals surface area contributed by atoms with Crippen LogP contribution in [0.4, 0.5) is 4.39 Å². The molecule has 0 bridgehead atoms. The normalized spacial score (nSPS) is 20.5. The van der Waals surface area contributed by atoms with Crippen LogP contribution >= 0.6 is 0 Å². The highest BCUT2D eigenvalue weighted by atomic mass is 19.1. The summed E-state index contributed by atoms with van der Waals surface area (Å²) >= 11 is 0. The Labute approximate surface area is 194 Å². The van der Waals surface area contributed by atoms with Crippen molar-refractivity contribution in [2.45, 2.75) is 43.7 Å². The Morgan fingerprint density at radius 2 is 1.58 bits per heavy atom. The van der Waals surface area contributed by atoms with Crippen LogP contribution in [-0.2, 0) is 10.2 Å². The van der Waals surface area contributed by atoms with Crippen LogP contribution in [-0.4, -0.2) is 40.3 Å². The Hall–Kier alpha value is -3.02. The Kier molecular flexibility index (Phi) is 6.91. The summed E-state index contributed by atoms with van der Waals surface area (Å²) in [5, 5.41) is 19.7. The van der Waals surface area contributed by atoms with Crippen LogP contribution in [0.2, 0.25) is 0 Å². The Morgan fingerprint density at radius 3 is 2.15 bits per heavy atom. The van der Waals surface area contributed by atoms with Gasteiger partial charge in [-0.25, -0.2) is 4.39 Å². The molecule has 5 heteroatoms. The molecule has 0 unspecified atom stereocenters. The van der Waals surface area contributed by atoms with Crippen molar-refractivity contribution in [2.75, 3.05) is 13.2 Å². The van der Waals surface area contributed by atoms with Gasteiger partial charge in [0.25, 0.3) is 0 Å². The van der Waals surface area contributed by atoms with Gasteiger partial charge >= 0.3 is 0 Å². The first-order valence-corrected chi connectivity index (χ1v) is 11.4. The molecule has 3 aromatic rings. The zero-order valence-corrected chi connectivity index (χ0v) is 18.8. The van der Waals surface area contributed by atoms with Crippen LogP contribution in [0.3, 0.4) is 0 Å². The van der Waals surface area contributed by atoms with E-state index in [0.717, 1.165) is 28.7 Å². The van der Waals surface area contributed by atoms with Crippen molar-refractivity contribution in [3.63, 3.8) is 0 Å². The molecule has 1 fully saturated rings. The summed E-state index contributed by atoms with van der Waals surface area (Å²) < 4.78 is 13.2. The number of hydrogen-bond acceptors (Lipinski definition) is 3. The van der Waals surface area contributed by atoms with Gasteiger partial charge in [0.1, 0.15) is 5.82 Å². The quantitative estimate of drug-likeness (QED) is 0.544. The standard InChI is InChI=1S/C28H30FNO3/c1-20(21-7-9-22(10-8-21)23-11-13-25(29)14-12-23)30-16-15-28(18-27(30)33,17-26(32)19-31)24-5-3-2-4-6-24/h2-14,20,26,31-32H,15-19H2,1H3/t20-,26+,28+/m1/s1. The van der Waals surface area contributed by atoms with E-state index in [1.54, 1.807) is 12.1 Å². The predicted molar refractivity (Wildman–Crippen MR) is 127 cm³/mol. The highest BCUT2D eigenvalue weighted by Crippen LogP contribution is 2.42. The number of nitrogens with zero attached hydrogens (tertiary/aromatic N) is 1. The van der Waals surface area contributed by atoms with Crippen molar-refractivity contribution in [2.24, 2.45) is 0 Å². The van der Waals surface area contributed by atoms with E-state index in [1.807, 2.05) is 66.4 Å². The Bertz CT molecular complexity index is 1070. The first-order chi connectivity index (χ1) is 15.9. The van der Waals surface area contributed by atoms with Gasteiger partial charge in [0, 0.05) is 18.4 Å². The fraction of sp³-hybridized carbons (Fsp3) is 0.321. The maximum Gasteiger partial charge on any atom is 0.223 e. The molecule has 3 aromatic carbocycles. The number of carbonyl (C=O) groups excluding carboxylic acids is 1. The average Bonchev–Trinajstić information content (AvgIpc) is 2.85. The number of aliphatic hydroxyl groups is 2. The van der Waals surface area contributed by atoms with Crippen molar-refractivity contribution in [3.8, 4) is 11.1 Å². The second-order valence-electron chi connectivity index (χ2n) is 9.01. The number of carbonyl (C=O) groups is 1. The molecule has 0 saturated carbocycles. The van der Waals surface area contributed by atoms with Gasteiger partial charge in [0.15, 0.2) is 0 Å². The van der Waals surface area contributed by atoms with Crippen LogP contribution in [0.1, 0.15) is 43.4 Å². The summed E-state index contributed by atoms with van der Waals surface area (Å²) in [4.78, 5) is 15.2. The van der Waals surface area contributed by atoms with Gasteiger partial charge in [-0.2, -0.15) is 0 Å². The van der Waals surface area contributed by atoms with E-state index in [-0.39, 0.29) is 24.4 Å². The van der Waals surface area contributed by atoms with Gasteiger partial charge in [0.05, 0.1) is 18.8 Å². The second-order valence-corrected chi connectivity index (χ2v) is 9.01.